The van der Waals surface area contributed by atoms with E-state index in [1.807, 2.05) is 30.3 Å². The zero-order chi connectivity index (χ0) is 16.7. The van der Waals surface area contributed by atoms with Crippen molar-refractivity contribution in [1.29, 1.82) is 0 Å². The average Bonchev–Trinajstić information content (AvgIpc) is 2.98. The molecule has 24 heavy (non-hydrogen) atoms. The maximum atomic E-state index is 11.7. The van der Waals surface area contributed by atoms with Gasteiger partial charge in [0.2, 0.25) is 5.91 Å². The molecule has 6 heteroatoms. The Kier molecular flexibility index (Phi) is 3.54. The van der Waals surface area contributed by atoms with Crippen molar-refractivity contribution in [3.63, 3.8) is 0 Å². The number of rotatable bonds is 2. The van der Waals surface area contributed by atoms with Crippen molar-refractivity contribution in [2.24, 2.45) is 5.92 Å². The third-order valence-corrected chi connectivity index (χ3v) is 4.57. The van der Waals surface area contributed by atoms with Crippen molar-refractivity contribution < 1.29 is 4.79 Å². The molecule has 122 valence electrons. The number of hydrogen-bond acceptors (Lipinski definition) is 4. The van der Waals surface area contributed by atoms with Crippen LogP contribution in [0.2, 0.25) is 0 Å². The number of imidazole rings is 1. The van der Waals surface area contributed by atoms with Gasteiger partial charge in [-0.15, -0.1) is 0 Å². The van der Waals surface area contributed by atoms with E-state index in [-0.39, 0.29) is 17.9 Å². The van der Waals surface area contributed by atoms with E-state index in [9.17, 15) is 4.79 Å². The second-order valence-electron chi connectivity index (χ2n) is 6.37. The number of pyridine rings is 1. The van der Waals surface area contributed by atoms with E-state index in [0.29, 0.717) is 6.42 Å². The number of nitrogens with zero attached hydrogens (tertiary/aromatic N) is 3. The van der Waals surface area contributed by atoms with E-state index in [1.54, 1.807) is 12.4 Å². The van der Waals surface area contributed by atoms with E-state index >= 15 is 0 Å². The van der Waals surface area contributed by atoms with E-state index in [4.69, 9.17) is 0 Å². The Balaban J connectivity index is 1.72. The minimum atomic E-state index is 0.0730. The van der Waals surface area contributed by atoms with Crippen LogP contribution in [0.4, 0.5) is 0 Å². The molecule has 0 bridgehead atoms. The molecule has 3 aromatic rings. The summed E-state index contributed by atoms with van der Waals surface area (Å²) in [6.07, 6.45) is 4.06. The third kappa shape index (κ3) is 2.55. The standard InChI is InChI=1S/C18H19N5O/c1-11-9-16(24)22-23(2)17(11)13-3-4-14-15(10-13)21-18(20-14)12-5-7-19-8-6-12/h3-8,10-11,17H,9H2,1-2H3,(H,20,21)(H,22,24). The molecular weight excluding hydrogens is 302 g/mol. The number of carbonyl (C=O) groups excluding carboxylic acids is 1. The largest absolute Gasteiger partial charge is 0.338 e. The second-order valence-corrected chi connectivity index (χ2v) is 6.37. The second kappa shape index (κ2) is 5.72. The summed E-state index contributed by atoms with van der Waals surface area (Å²) in [5, 5.41) is 1.90. The highest BCUT2D eigenvalue weighted by molar-refractivity contribution is 5.80. The molecule has 1 saturated heterocycles. The van der Waals surface area contributed by atoms with Gasteiger partial charge in [0.05, 0.1) is 17.1 Å². The highest BCUT2D eigenvalue weighted by Gasteiger charge is 2.31. The predicted octanol–water partition coefficient (Wildman–Crippen LogP) is 2.67. The molecule has 4 rings (SSSR count). The number of hydrazine groups is 1. The van der Waals surface area contributed by atoms with Crippen LogP contribution in [0, 0.1) is 5.92 Å². The lowest BCUT2D eigenvalue weighted by atomic mass is 9.89. The van der Waals surface area contributed by atoms with Gasteiger partial charge >= 0.3 is 0 Å². The van der Waals surface area contributed by atoms with Gasteiger partial charge in [-0.25, -0.2) is 9.99 Å². The molecule has 1 fully saturated rings. The Bertz CT molecular complexity index is 875. The van der Waals surface area contributed by atoms with E-state index < -0.39 is 0 Å². The summed E-state index contributed by atoms with van der Waals surface area (Å²) in [7, 11) is 1.91. The number of aromatic amines is 1. The summed E-state index contributed by atoms with van der Waals surface area (Å²) in [4.78, 5) is 23.7. The number of hydrogen-bond donors (Lipinski definition) is 2. The Morgan fingerprint density at radius 3 is 2.75 bits per heavy atom. The normalized spacial score (nSPS) is 21.8. The molecule has 0 saturated carbocycles. The maximum absolute atomic E-state index is 11.7. The van der Waals surface area contributed by atoms with Gasteiger partial charge < -0.3 is 4.98 Å². The lowest BCUT2D eigenvalue weighted by Crippen LogP contribution is -2.49. The predicted molar refractivity (Wildman–Crippen MR) is 91.8 cm³/mol. The van der Waals surface area contributed by atoms with Crippen molar-refractivity contribution >= 4 is 16.9 Å². The lowest BCUT2D eigenvalue weighted by molar-refractivity contribution is -0.132. The molecule has 6 nitrogen and oxygen atoms in total. The molecule has 0 radical (unpaired) electrons. The van der Waals surface area contributed by atoms with Crippen LogP contribution in [-0.2, 0) is 4.79 Å². The first kappa shape index (κ1) is 14.8. The molecule has 1 amide bonds. The highest BCUT2D eigenvalue weighted by atomic mass is 16.2. The van der Waals surface area contributed by atoms with Gasteiger partial charge in [0.15, 0.2) is 0 Å². The quantitative estimate of drug-likeness (QED) is 0.761. The minimum absolute atomic E-state index is 0.0730. The SMILES string of the molecule is CC1CC(=O)NN(C)C1c1ccc2nc(-c3ccncc3)[nH]c2c1. The number of aromatic nitrogens is 3. The van der Waals surface area contributed by atoms with Crippen LogP contribution in [0.1, 0.15) is 24.9 Å². The number of nitrogens with one attached hydrogen (secondary N) is 2. The smallest absolute Gasteiger partial charge is 0.234 e. The first-order valence-corrected chi connectivity index (χ1v) is 8.04. The van der Waals surface area contributed by atoms with Crippen LogP contribution < -0.4 is 5.43 Å². The molecule has 2 aromatic heterocycles. The van der Waals surface area contributed by atoms with Crippen LogP contribution in [0.5, 0.6) is 0 Å². The summed E-state index contributed by atoms with van der Waals surface area (Å²) in [6, 6.07) is 10.3. The lowest BCUT2D eigenvalue weighted by Gasteiger charge is -2.37. The number of carbonyl (C=O) groups is 1. The van der Waals surface area contributed by atoms with Crippen molar-refractivity contribution in [3.8, 4) is 11.4 Å². The van der Waals surface area contributed by atoms with Crippen molar-refractivity contribution in [3.05, 3.63) is 48.3 Å². The van der Waals surface area contributed by atoms with Gasteiger partial charge in [-0.2, -0.15) is 0 Å². The number of H-pyrrole nitrogens is 1. The Hall–Kier alpha value is -2.73. The summed E-state index contributed by atoms with van der Waals surface area (Å²) in [6.45, 7) is 2.11. The fraction of sp³-hybridized carbons (Fsp3) is 0.278. The fourth-order valence-corrected chi connectivity index (χ4v) is 3.51. The monoisotopic (exact) mass is 321 g/mol. The van der Waals surface area contributed by atoms with Crippen molar-refractivity contribution in [1.82, 2.24) is 25.4 Å². The van der Waals surface area contributed by atoms with E-state index in [1.165, 1.54) is 5.56 Å². The van der Waals surface area contributed by atoms with E-state index in [2.05, 4.69) is 39.4 Å². The third-order valence-electron chi connectivity index (χ3n) is 4.57. The number of benzene rings is 1. The summed E-state index contributed by atoms with van der Waals surface area (Å²) < 4.78 is 0. The maximum Gasteiger partial charge on any atom is 0.234 e. The molecule has 3 heterocycles. The van der Waals surface area contributed by atoms with Gasteiger partial charge in [-0.1, -0.05) is 13.0 Å². The van der Waals surface area contributed by atoms with Gasteiger partial charge in [-0.05, 0) is 35.7 Å². The molecule has 1 aromatic carbocycles. The van der Waals surface area contributed by atoms with Gasteiger partial charge in [-0.3, -0.25) is 15.2 Å². The first-order valence-electron chi connectivity index (χ1n) is 8.04. The molecule has 2 atom stereocenters. The van der Waals surface area contributed by atoms with Crippen LogP contribution in [0.15, 0.2) is 42.7 Å². The van der Waals surface area contributed by atoms with Crippen LogP contribution >= 0.6 is 0 Å². The van der Waals surface area contributed by atoms with Crippen LogP contribution in [0.3, 0.4) is 0 Å². The van der Waals surface area contributed by atoms with Gasteiger partial charge in [0.1, 0.15) is 5.82 Å². The zero-order valence-corrected chi connectivity index (χ0v) is 13.7. The van der Waals surface area contributed by atoms with Gasteiger partial charge in [0.25, 0.3) is 0 Å². The number of fused-ring (bicyclic) bond motifs is 1. The summed E-state index contributed by atoms with van der Waals surface area (Å²) >= 11 is 0. The van der Waals surface area contributed by atoms with Crippen LogP contribution in [-0.4, -0.2) is 32.9 Å². The molecule has 1 aliphatic rings. The van der Waals surface area contributed by atoms with Crippen molar-refractivity contribution in [2.45, 2.75) is 19.4 Å². The topological polar surface area (TPSA) is 73.9 Å². The fourth-order valence-electron chi connectivity index (χ4n) is 3.51. The summed E-state index contributed by atoms with van der Waals surface area (Å²) in [5.74, 6) is 1.16. The Morgan fingerprint density at radius 1 is 1.21 bits per heavy atom. The van der Waals surface area contributed by atoms with Crippen molar-refractivity contribution in [2.75, 3.05) is 7.05 Å². The minimum Gasteiger partial charge on any atom is -0.338 e. The number of amides is 1. The molecule has 1 aliphatic heterocycles. The first-order chi connectivity index (χ1) is 11.6. The highest BCUT2D eigenvalue weighted by Crippen LogP contribution is 2.33. The average molecular weight is 321 g/mol. The Labute approximate surface area is 139 Å². The molecule has 2 N–H and O–H groups in total. The molecule has 0 spiro atoms. The zero-order valence-electron chi connectivity index (χ0n) is 13.7. The van der Waals surface area contributed by atoms with Crippen LogP contribution in [0.25, 0.3) is 22.4 Å². The summed E-state index contributed by atoms with van der Waals surface area (Å²) in [5.41, 5.74) is 7.01. The Morgan fingerprint density at radius 2 is 2.00 bits per heavy atom. The molecule has 0 aliphatic carbocycles. The molecular formula is C18H19N5O. The van der Waals surface area contributed by atoms with Gasteiger partial charge in [0, 0.05) is 31.4 Å². The molecule has 2 unspecified atom stereocenters. The van der Waals surface area contributed by atoms with E-state index in [0.717, 1.165) is 22.4 Å².